The summed E-state index contributed by atoms with van der Waals surface area (Å²) in [5.41, 5.74) is 2.61. The van der Waals surface area contributed by atoms with Crippen molar-refractivity contribution in [3.05, 3.63) is 48.5 Å². The van der Waals surface area contributed by atoms with Crippen LogP contribution in [-0.4, -0.2) is 22.7 Å². The average Bonchev–Trinajstić information content (AvgIpc) is 2.86. The van der Waals surface area contributed by atoms with Crippen LogP contribution in [-0.2, 0) is 19.0 Å². The zero-order valence-electron chi connectivity index (χ0n) is 12.2. The van der Waals surface area contributed by atoms with Gasteiger partial charge in [0, 0.05) is 41.4 Å². The lowest BCUT2D eigenvalue weighted by Gasteiger charge is -2.15. The molecule has 21 heavy (non-hydrogen) atoms. The van der Waals surface area contributed by atoms with Gasteiger partial charge in [0.05, 0.1) is 12.4 Å². The Bertz CT molecular complexity index is 710. The molecule has 0 saturated carbocycles. The largest absolute Gasteiger partial charge is 0.340 e. The molecule has 0 N–H and O–H groups in total. The molecule has 3 aromatic rings. The second-order valence-electron chi connectivity index (χ2n) is 5.17. The number of aryl methyl sites for hydroxylation is 1. The highest BCUT2D eigenvalue weighted by Gasteiger charge is 2.09. The maximum absolute atomic E-state index is 4.78. The van der Waals surface area contributed by atoms with Crippen LogP contribution < -0.4 is 0 Å². The number of hydrogen-bond donors (Lipinski definition) is 0. The van der Waals surface area contributed by atoms with E-state index in [1.807, 2.05) is 5.01 Å². The summed E-state index contributed by atoms with van der Waals surface area (Å²) in [5, 5.41) is 4.59. The zero-order chi connectivity index (χ0) is 14.7. The number of fused-ring (bicyclic) bond motifs is 3. The third-order valence-electron chi connectivity index (χ3n) is 3.96. The fraction of sp³-hybridized carbons (Fsp3) is 0.294. The van der Waals surface area contributed by atoms with Gasteiger partial charge in [-0.05, 0) is 25.5 Å². The fourth-order valence-electron chi connectivity index (χ4n) is 2.91. The van der Waals surface area contributed by atoms with E-state index in [9.17, 15) is 0 Å². The quantitative estimate of drug-likeness (QED) is 0.637. The monoisotopic (exact) mass is 297 g/mol. The van der Waals surface area contributed by atoms with Crippen molar-refractivity contribution >= 4 is 34.2 Å². The summed E-state index contributed by atoms with van der Waals surface area (Å²) in [6, 6.07) is 17.2. The van der Waals surface area contributed by atoms with Crippen molar-refractivity contribution in [1.29, 1.82) is 0 Å². The van der Waals surface area contributed by atoms with E-state index in [-0.39, 0.29) is 0 Å². The summed E-state index contributed by atoms with van der Waals surface area (Å²) >= 11 is 4.78. The minimum absolute atomic E-state index is 0.872. The van der Waals surface area contributed by atoms with E-state index in [1.165, 1.54) is 21.8 Å². The van der Waals surface area contributed by atoms with Crippen LogP contribution in [0, 0.1) is 0 Å². The van der Waals surface area contributed by atoms with Crippen LogP contribution in [0.2, 0.25) is 0 Å². The molecule has 0 aliphatic carbocycles. The van der Waals surface area contributed by atoms with Gasteiger partial charge in [0.15, 0.2) is 0 Å². The Hall–Kier alpha value is -1.94. The van der Waals surface area contributed by atoms with E-state index < -0.39 is 0 Å². The number of para-hydroxylation sites is 2. The van der Waals surface area contributed by atoms with E-state index in [2.05, 4.69) is 64.5 Å². The summed E-state index contributed by atoms with van der Waals surface area (Å²) < 4.78 is 6.26. The van der Waals surface area contributed by atoms with Gasteiger partial charge in [0.1, 0.15) is 0 Å². The third kappa shape index (κ3) is 2.63. The fourth-order valence-corrected chi connectivity index (χ4v) is 3.11. The first-order chi connectivity index (χ1) is 10.3. The van der Waals surface area contributed by atoms with Crippen LogP contribution in [0.25, 0.3) is 21.8 Å². The van der Waals surface area contributed by atoms with Crippen LogP contribution in [0.3, 0.4) is 0 Å². The molecule has 0 fully saturated rings. The van der Waals surface area contributed by atoms with E-state index in [4.69, 9.17) is 12.4 Å². The van der Waals surface area contributed by atoms with Crippen LogP contribution in [0.4, 0.5) is 0 Å². The van der Waals surface area contributed by atoms with Crippen molar-refractivity contribution in [2.75, 3.05) is 13.1 Å². The second-order valence-corrected chi connectivity index (χ2v) is 5.33. The predicted octanol–water partition coefficient (Wildman–Crippen LogP) is 4.15. The molecule has 0 spiro atoms. The molecule has 3 rings (SSSR count). The maximum Gasteiger partial charge on any atom is 0.0628 e. The summed E-state index contributed by atoms with van der Waals surface area (Å²) in [7, 11) is 0. The molecule has 108 valence electrons. The molecule has 1 aromatic heterocycles. The van der Waals surface area contributed by atoms with Crippen LogP contribution in [0.5, 0.6) is 0 Å². The summed E-state index contributed by atoms with van der Waals surface area (Å²) in [4.78, 5) is 0. The van der Waals surface area contributed by atoms with Crippen LogP contribution in [0.1, 0.15) is 13.3 Å². The molecule has 3 nitrogen and oxygen atoms in total. The number of hydrogen-bond acceptors (Lipinski definition) is 2. The van der Waals surface area contributed by atoms with Gasteiger partial charge in [-0.1, -0.05) is 36.4 Å². The SMILES string of the molecule is CCN(CCCn1c2ccccc2c2ccccc21)N=S. The van der Waals surface area contributed by atoms with E-state index in [0.717, 1.165) is 26.1 Å². The van der Waals surface area contributed by atoms with Crippen molar-refractivity contribution in [3.8, 4) is 0 Å². The molecule has 2 aromatic carbocycles. The molecule has 0 saturated heterocycles. The molecule has 0 aliphatic heterocycles. The standard InChI is InChI=1S/C17H19N3S/c1-2-19(18-21)12-7-13-20-16-10-5-3-8-14(16)15-9-4-6-11-17(15)20/h3-6,8-11H,2,7,12-13H2,1H3. The predicted molar refractivity (Wildman–Crippen MR) is 91.1 cm³/mol. The Labute approximate surface area is 130 Å². The van der Waals surface area contributed by atoms with Gasteiger partial charge >= 0.3 is 0 Å². The molecule has 0 amide bonds. The van der Waals surface area contributed by atoms with Gasteiger partial charge in [0.2, 0.25) is 0 Å². The van der Waals surface area contributed by atoms with E-state index >= 15 is 0 Å². The summed E-state index contributed by atoms with van der Waals surface area (Å²) in [6.07, 6.45) is 1.04. The smallest absolute Gasteiger partial charge is 0.0628 e. The lowest BCUT2D eigenvalue weighted by molar-refractivity contribution is 0.301. The molecular formula is C17H19N3S. The molecule has 0 atom stereocenters. The van der Waals surface area contributed by atoms with Gasteiger partial charge in [-0.25, -0.2) is 0 Å². The van der Waals surface area contributed by atoms with Crippen LogP contribution >= 0.6 is 0 Å². The van der Waals surface area contributed by atoms with Crippen molar-refractivity contribution < 1.29 is 0 Å². The first kappa shape index (κ1) is 14.0. The first-order valence-electron chi connectivity index (χ1n) is 7.39. The van der Waals surface area contributed by atoms with E-state index in [0.29, 0.717) is 0 Å². The molecule has 0 aliphatic rings. The highest BCUT2D eigenvalue weighted by Crippen LogP contribution is 2.28. The van der Waals surface area contributed by atoms with Gasteiger partial charge in [-0.15, -0.1) is 4.47 Å². The number of aromatic nitrogens is 1. The molecule has 1 heterocycles. The lowest BCUT2D eigenvalue weighted by atomic mass is 10.2. The molecule has 0 unspecified atom stereocenters. The maximum atomic E-state index is 4.78. The van der Waals surface area contributed by atoms with Crippen molar-refractivity contribution in [2.24, 2.45) is 4.47 Å². The third-order valence-corrected chi connectivity index (χ3v) is 4.19. The minimum atomic E-state index is 0.872. The van der Waals surface area contributed by atoms with Gasteiger partial charge in [-0.3, -0.25) is 5.01 Å². The Morgan fingerprint density at radius 2 is 1.57 bits per heavy atom. The molecule has 4 heteroatoms. The Morgan fingerprint density at radius 1 is 1.00 bits per heavy atom. The van der Waals surface area contributed by atoms with Crippen molar-refractivity contribution in [2.45, 2.75) is 19.9 Å². The van der Waals surface area contributed by atoms with Gasteiger partial charge < -0.3 is 4.57 Å². The zero-order valence-corrected chi connectivity index (χ0v) is 13.0. The first-order valence-corrected chi connectivity index (χ1v) is 7.76. The van der Waals surface area contributed by atoms with E-state index in [1.54, 1.807) is 0 Å². The summed E-state index contributed by atoms with van der Waals surface area (Å²) in [5.74, 6) is 0. The number of rotatable bonds is 6. The second kappa shape index (κ2) is 6.22. The average molecular weight is 297 g/mol. The Kier molecular flexibility index (Phi) is 4.15. The molecule has 0 radical (unpaired) electrons. The van der Waals surface area contributed by atoms with Gasteiger partial charge in [-0.2, -0.15) is 0 Å². The highest BCUT2D eigenvalue weighted by molar-refractivity contribution is 7.47. The topological polar surface area (TPSA) is 20.5 Å². The molecular weight excluding hydrogens is 278 g/mol. The normalized spacial score (nSPS) is 11.1. The molecule has 0 bridgehead atoms. The lowest BCUT2D eigenvalue weighted by Crippen LogP contribution is -2.18. The van der Waals surface area contributed by atoms with Crippen molar-refractivity contribution in [1.82, 2.24) is 9.58 Å². The minimum Gasteiger partial charge on any atom is -0.340 e. The highest BCUT2D eigenvalue weighted by atomic mass is 32.1. The number of benzene rings is 2. The number of nitrogens with zero attached hydrogens (tertiary/aromatic N) is 3. The van der Waals surface area contributed by atoms with Gasteiger partial charge in [0.25, 0.3) is 0 Å². The Morgan fingerprint density at radius 3 is 2.10 bits per heavy atom. The van der Waals surface area contributed by atoms with Crippen LogP contribution in [0.15, 0.2) is 53.0 Å². The Balaban J connectivity index is 1.94. The van der Waals surface area contributed by atoms with Crippen molar-refractivity contribution in [3.63, 3.8) is 0 Å². The summed E-state index contributed by atoms with van der Waals surface area (Å²) in [6.45, 7) is 4.84.